The molecule has 0 bridgehead atoms. The minimum atomic E-state index is -0.960. The van der Waals surface area contributed by atoms with E-state index in [4.69, 9.17) is 13.9 Å². The van der Waals surface area contributed by atoms with Crippen LogP contribution in [0.1, 0.15) is 40.5 Å². The Morgan fingerprint density at radius 2 is 2.00 bits per heavy atom. The number of fused-ring (bicyclic) bond motifs is 1. The number of hydrogen-bond acceptors (Lipinski definition) is 7. The van der Waals surface area contributed by atoms with E-state index in [1.165, 1.54) is 19.6 Å². The van der Waals surface area contributed by atoms with Gasteiger partial charge in [-0.25, -0.2) is 4.98 Å². The Hall–Kier alpha value is -3.10. The Morgan fingerprint density at radius 3 is 2.67 bits per heavy atom. The molecule has 0 fully saturated rings. The Bertz CT molecular complexity index is 785. The summed E-state index contributed by atoms with van der Waals surface area (Å²) >= 11 is 0. The number of nitrogens with one attached hydrogen (secondary N) is 2. The van der Waals surface area contributed by atoms with Crippen LogP contribution in [-0.2, 0) is 5.54 Å². The van der Waals surface area contributed by atoms with Gasteiger partial charge < -0.3 is 24.5 Å². The Kier molecular flexibility index (Phi) is 3.84. The molecule has 0 aromatic carbocycles. The highest BCUT2D eigenvalue weighted by molar-refractivity contribution is 5.96. The third-order valence-corrected chi connectivity index (χ3v) is 3.44. The van der Waals surface area contributed by atoms with E-state index in [0.29, 0.717) is 5.56 Å². The van der Waals surface area contributed by atoms with Gasteiger partial charge in [0.2, 0.25) is 12.5 Å². The average molecular weight is 332 g/mol. The molecule has 2 amide bonds. The number of furan rings is 1. The lowest BCUT2D eigenvalue weighted by atomic mass is 10.0. The van der Waals surface area contributed by atoms with Crippen molar-refractivity contribution in [3.8, 4) is 11.6 Å². The predicted octanol–water partition coefficient (Wildman–Crippen LogP) is 0.823. The first-order valence-electron chi connectivity index (χ1n) is 7.17. The van der Waals surface area contributed by atoms with Crippen LogP contribution < -0.4 is 20.1 Å². The van der Waals surface area contributed by atoms with Crippen LogP contribution in [0.15, 0.2) is 23.0 Å². The molecular weight excluding hydrogens is 316 g/mol. The Balaban J connectivity index is 1.95. The maximum absolute atomic E-state index is 12.2. The summed E-state index contributed by atoms with van der Waals surface area (Å²) in [5, 5.41) is 5.29. The van der Waals surface area contributed by atoms with Crippen molar-refractivity contribution in [2.24, 2.45) is 0 Å². The number of rotatable bonds is 4. The molecule has 126 valence electrons. The van der Waals surface area contributed by atoms with Crippen molar-refractivity contribution >= 4 is 11.8 Å². The standard InChI is InChI=1S/C15H16N4O5/c1-15(2,19-11(20)8-4-5-22-6-8)14-17-9(12(21)16-3)10-13(18-14)24-7-23-10/h4-6H,7H2,1-3H3,(H,16,21)(H,19,20). The van der Waals surface area contributed by atoms with Crippen LogP contribution in [0, 0.1) is 0 Å². The Morgan fingerprint density at radius 1 is 1.21 bits per heavy atom. The molecule has 1 aliphatic rings. The molecule has 0 saturated carbocycles. The highest BCUT2D eigenvalue weighted by Gasteiger charge is 2.33. The van der Waals surface area contributed by atoms with Crippen molar-refractivity contribution in [3.63, 3.8) is 0 Å². The van der Waals surface area contributed by atoms with E-state index in [0.717, 1.165) is 0 Å². The van der Waals surface area contributed by atoms with Gasteiger partial charge in [0.05, 0.1) is 17.4 Å². The summed E-state index contributed by atoms with van der Waals surface area (Å²) in [4.78, 5) is 32.8. The van der Waals surface area contributed by atoms with Gasteiger partial charge in [-0.1, -0.05) is 0 Å². The topological polar surface area (TPSA) is 116 Å². The zero-order valence-electron chi connectivity index (χ0n) is 13.4. The highest BCUT2D eigenvalue weighted by Crippen LogP contribution is 2.34. The largest absolute Gasteiger partial charge is 0.472 e. The molecule has 2 aromatic rings. The zero-order valence-corrected chi connectivity index (χ0v) is 13.4. The Labute approximate surface area is 137 Å². The maximum Gasteiger partial charge on any atom is 0.273 e. The molecule has 0 radical (unpaired) electrons. The highest BCUT2D eigenvalue weighted by atomic mass is 16.7. The lowest BCUT2D eigenvalue weighted by Crippen LogP contribution is -2.42. The molecule has 9 nitrogen and oxygen atoms in total. The van der Waals surface area contributed by atoms with Gasteiger partial charge in [-0.3, -0.25) is 9.59 Å². The summed E-state index contributed by atoms with van der Waals surface area (Å²) in [5.41, 5.74) is -0.533. The van der Waals surface area contributed by atoms with Crippen molar-refractivity contribution in [1.29, 1.82) is 0 Å². The number of aromatic nitrogens is 2. The van der Waals surface area contributed by atoms with Crippen molar-refractivity contribution < 1.29 is 23.5 Å². The minimum Gasteiger partial charge on any atom is -0.472 e. The molecule has 2 aromatic heterocycles. The summed E-state index contributed by atoms with van der Waals surface area (Å²) in [6.07, 6.45) is 2.74. The monoisotopic (exact) mass is 332 g/mol. The quantitative estimate of drug-likeness (QED) is 0.851. The van der Waals surface area contributed by atoms with Crippen LogP contribution in [0.2, 0.25) is 0 Å². The van der Waals surface area contributed by atoms with Gasteiger partial charge in [0, 0.05) is 7.05 Å². The van der Waals surface area contributed by atoms with Crippen LogP contribution in [-0.4, -0.2) is 35.6 Å². The van der Waals surface area contributed by atoms with E-state index in [2.05, 4.69) is 20.6 Å². The van der Waals surface area contributed by atoms with Gasteiger partial charge >= 0.3 is 0 Å². The summed E-state index contributed by atoms with van der Waals surface area (Å²) < 4.78 is 15.4. The van der Waals surface area contributed by atoms with Gasteiger partial charge in [0.1, 0.15) is 6.26 Å². The fraction of sp³-hybridized carbons (Fsp3) is 0.333. The second-order valence-electron chi connectivity index (χ2n) is 5.61. The van der Waals surface area contributed by atoms with Crippen LogP contribution >= 0.6 is 0 Å². The van der Waals surface area contributed by atoms with E-state index < -0.39 is 11.4 Å². The van der Waals surface area contributed by atoms with Crippen LogP contribution in [0.5, 0.6) is 11.6 Å². The summed E-state index contributed by atoms with van der Waals surface area (Å²) in [5.74, 6) is -0.199. The zero-order chi connectivity index (χ0) is 17.3. The third kappa shape index (κ3) is 2.75. The molecule has 0 aliphatic carbocycles. The number of ether oxygens (including phenoxy) is 2. The smallest absolute Gasteiger partial charge is 0.273 e. The number of carbonyl (C=O) groups is 2. The lowest BCUT2D eigenvalue weighted by Gasteiger charge is -2.24. The van der Waals surface area contributed by atoms with Gasteiger partial charge in [-0.15, -0.1) is 0 Å². The molecule has 0 unspecified atom stereocenters. The number of hydrogen-bond donors (Lipinski definition) is 2. The summed E-state index contributed by atoms with van der Waals surface area (Å²) in [7, 11) is 1.48. The van der Waals surface area contributed by atoms with Gasteiger partial charge in [0.15, 0.2) is 11.5 Å². The van der Waals surface area contributed by atoms with E-state index in [1.807, 2.05) is 0 Å². The van der Waals surface area contributed by atoms with Crippen LogP contribution in [0.3, 0.4) is 0 Å². The molecule has 1 aliphatic heterocycles. The maximum atomic E-state index is 12.2. The SMILES string of the molecule is CNC(=O)c1nc(C(C)(C)NC(=O)c2ccoc2)nc2c1OCO2. The van der Waals surface area contributed by atoms with Crippen LogP contribution in [0.4, 0.5) is 0 Å². The lowest BCUT2D eigenvalue weighted by molar-refractivity contribution is 0.0907. The van der Waals surface area contributed by atoms with Crippen molar-refractivity contribution in [2.75, 3.05) is 13.8 Å². The first kappa shape index (κ1) is 15.8. The fourth-order valence-corrected chi connectivity index (χ4v) is 2.16. The van der Waals surface area contributed by atoms with E-state index >= 15 is 0 Å². The minimum absolute atomic E-state index is 0.0424. The fourth-order valence-electron chi connectivity index (χ4n) is 2.16. The number of amides is 2. The van der Waals surface area contributed by atoms with Crippen molar-refractivity contribution in [1.82, 2.24) is 20.6 Å². The molecule has 9 heteroatoms. The number of carbonyl (C=O) groups excluding carboxylic acids is 2. The molecule has 0 atom stereocenters. The molecule has 2 N–H and O–H groups in total. The van der Waals surface area contributed by atoms with E-state index in [1.54, 1.807) is 19.9 Å². The van der Waals surface area contributed by atoms with Gasteiger partial charge in [-0.2, -0.15) is 4.98 Å². The van der Waals surface area contributed by atoms with Crippen molar-refractivity contribution in [2.45, 2.75) is 19.4 Å². The second kappa shape index (κ2) is 5.84. The first-order chi connectivity index (χ1) is 11.4. The summed E-state index contributed by atoms with van der Waals surface area (Å²) in [6.45, 7) is 3.39. The molecule has 0 spiro atoms. The average Bonchev–Trinajstić information content (AvgIpc) is 3.23. The molecule has 24 heavy (non-hydrogen) atoms. The van der Waals surface area contributed by atoms with E-state index in [9.17, 15) is 9.59 Å². The molecule has 3 rings (SSSR count). The van der Waals surface area contributed by atoms with Gasteiger partial charge in [-0.05, 0) is 19.9 Å². The van der Waals surface area contributed by atoms with Gasteiger partial charge in [0.25, 0.3) is 17.7 Å². The second-order valence-corrected chi connectivity index (χ2v) is 5.61. The molecule has 0 saturated heterocycles. The number of nitrogens with zero attached hydrogens (tertiary/aromatic N) is 2. The van der Waals surface area contributed by atoms with E-state index in [-0.39, 0.29) is 35.8 Å². The van der Waals surface area contributed by atoms with Crippen LogP contribution in [0.25, 0.3) is 0 Å². The normalized spacial score (nSPS) is 12.8. The third-order valence-electron chi connectivity index (χ3n) is 3.44. The van der Waals surface area contributed by atoms with Crippen molar-refractivity contribution in [3.05, 3.63) is 35.7 Å². The summed E-state index contributed by atoms with van der Waals surface area (Å²) in [6, 6.07) is 1.54. The first-order valence-corrected chi connectivity index (χ1v) is 7.17. The molecule has 3 heterocycles. The molecular formula is C15H16N4O5. The predicted molar refractivity (Wildman–Crippen MR) is 80.7 cm³/mol.